The van der Waals surface area contributed by atoms with Crippen LogP contribution in [0.5, 0.6) is 5.75 Å². The van der Waals surface area contributed by atoms with Crippen LogP contribution in [0.25, 0.3) is 10.2 Å². The molecule has 3 nitrogen and oxygen atoms in total. The van der Waals surface area contributed by atoms with Gasteiger partial charge >= 0.3 is 0 Å². The van der Waals surface area contributed by atoms with Crippen molar-refractivity contribution in [3.63, 3.8) is 0 Å². The Kier molecular flexibility index (Phi) is 4.88. The first kappa shape index (κ1) is 14.5. The molecule has 1 heterocycles. The SMILES string of the molecule is COc1ccc2nc(CNCCC3=CCCCC3)sc2c1. The van der Waals surface area contributed by atoms with Crippen molar-refractivity contribution >= 4 is 21.6 Å². The number of thiazole rings is 1. The number of nitrogens with zero attached hydrogens (tertiary/aromatic N) is 1. The molecule has 3 rings (SSSR count). The molecule has 4 heteroatoms. The van der Waals surface area contributed by atoms with Gasteiger partial charge in [0.05, 0.1) is 17.3 Å². The highest BCUT2D eigenvalue weighted by Gasteiger charge is 2.06. The number of ether oxygens (including phenoxy) is 1. The summed E-state index contributed by atoms with van der Waals surface area (Å²) in [5, 5.41) is 4.66. The van der Waals surface area contributed by atoms with Crippen molar-refractivity contribution in [2.75, 3.05) is 13.7 Å². The first-order valence-corrected chi connectivity index (χ1v) is 8.49. The number of rotatable bonds is 6. The monoisotopic (exact) mass is 302 g/mol. The number of allylic oxidation sites excluding steroid dienone is 1. The molecule has 21 heavy (non-hydrogen) atoms. The average molecular weight is 302 g/mol. The molecule has 1 aliphatic carbocycles. The Morgan fingerprint density at radius 3 is 3.10 bits per heavy atom. The minimum absolute atomic E-state index is 0.856. The molecule has 0 fully saturated rings. The fourth-order valence-electron chi connectivity index (χ4n) is 2.73. The third-order valence-corrected chi connectivity index (χ3v) is 4.94. The highest BCUT2D eigenvalue weighted by Crippen LogP contribution is 2.26. The molecule has 112 valence electrons. The summed E-state index contributed by atoms with van der Waals surface area (Å²) in [6.07, 6.45) is 8.91. The molecule has 1 aliphatic rings. The molecule has 0 saturated heterocycles. The van der Waals surface area contributed by atoms with Gasteiger partial charge in [-0.1, -0.05) is 11.6 Å². The normalized spacial score (nSPS) is 15.2. The minimum Gasteiger partial charge on any atom is -0.497 e. The van der Waals surface area contributed by atoms with Gasteiger partial charge in [-0.25, -0.2) is 4.98 Å². The minimum atomic E-state index is 0.856. The summed E-state index contributed by atoms with van der Waals surface area (Å²) in [7, 11) is 1.70. The molecule has 0 spiro atoms. The second-order valence-electron chi connectivity index (χ2n) is 5.48. The van der Waals surface area contributed by atoms with Crippen LogP contribution in [0, 0.1) is 0 Å². The van der Waals surface area contributed by atoms with Gasteiger partial charge < -0.3 is 10.1 Å². The lowest BCUT2D eigenvalue weighted by atomic mass is 9.97. The summed E-state index contributed by atoms with van der Waals surface area (Å²) < 4.78 is 6.45. The number of aromatic nitrogens is 1. The summed E-state index contributed by atoms with van der Waals surface area (Å²) in [4.78, 5) is 4.66. The fraction of sp³-hybridized carbons (Fsp3) is 0.471. The molecule has 1 aromatic carbocycles. The van der Waals surface area contributed by atoms with E-state index in [2.05, 4.69) is 22.4 Å². The molecule has 1 aromatic heterocycles. The summed E-state index contributed by atoms with van der Waals surface area (Å²) in [5.41, 5.74) is 2.69. The van der Waals surface area contributed by atoms with E-state index in [-0.39, 0.29) is 0 Å². The van der Waals surface area contributed by atoms with Gasteiger partial charge in [-0.2, -0.15) is 0 Å². The van der Waals surface area contributed by atoms with E-state index in [1.54, 1.807) is 24.0 Å². The molecular weight excluding hydrogens is 280 g/mol. The Hall–Kier alpha value is -1.39. The highest BCUT2D eigenvalue weighted by molar-refractivity contribution is 7.18. The third-order valence-electron chi connectivity index (χ3n) is 3.92. The molecule has 0 radical (unpaired) electrons. The zero-order valence-corrected chi connectivity index (χ0v) is 13.3. The molecule has 0 saturated carbocycles. The van der Waals surface area contributed by atoms with Crippen LogP contribution in [0.3, 0.4) is 0 Å². The Morgan fingerprint density at radius 2 is 2.29 bits per heavy atom. The van der Waals surface area contributed by atoms with E-state index in [1.165, 1.54) is 36.8 Å². The Bertz CT molecular complexity index is 633. The molecule has 0 unspecified atom stereocenters. The van der Waals surface area contributed by atoms with E-state index in [0.717, 1.165) is 29.4 Å². The first-order chi connectivity index (χ1) is 10.3. The number of hydrogen-bond acceptors (Lipinski definition) is 4. The zero-order chi connectivity index (χ0) is 14.5. The average Bonchev–Trinajstić information content (AvgIpc) is 2.94. The van der Waals surface area contributed by atoms with Crippen LogP contribution in [0.1, 0.15) is 37.1 Å². The predicted molar refractivity (Wildman–Crippen MR) is 89.0 cm³/mol. The van der Waals surface area contributed by atoms with Crippen LogP contribution in [-0.2, 0) is 6.54 Å². The molecular formula is C17H22N2OS. The summed E-state index contributed by atoms with van der Waals surface area (Å²) >= 11 is 1.74. The quantitative estimate of drug-likeness (QED) is 0.638. The molecule has 2 aromatic rings. The number of methoxy groups -OCH3 is 1. The lowest BCUT2D eigenvalue weighted by molar-refractivity contribution is 0.415. The van der Waals surface area contributed by atoms with Gasteiger partial charge in [0.2, 0.25) is 0 Å². The maximum absolute atomic E-state index is 5.25. The standard InChI is InChI=1S/C17H22N2OS/c1-20-14-7-8-15-16(11-14)21-17(19-15)12-18-10-9-13-5-3-2-4-6-13/h5,7-8,11,18H,2-4,6,9-10,12H2,1H3. The maximum atomic E-state index is 5.25. The smallest absolute Gasteiger partial charge is 0.120 e. The lowest BCUT2D eigenvalue weighted by Gasteiger charge is -2.12. The van der Waals surface area contributed by atoms with Gasteiger partial charge in [-0.15, -0.1) is 11.3 Å². The van der Waals surface area contributed by atoms with Crippen molar-refractivity contribution in [2.24, 2.45) is 0 Å². The van der Waals surface area contributed by atoms with Crippen LogP contribution in [-0.4, -0.2) is 18.6 Å². The van der Waals surface area contributed by atoms with Crippen LogP contribution >= 0.6 is 11.3 Å². The highest BCUT2D eigenvalue weighted by atomic mass is 32.1. The van der Waals surface area contributed by atoms with E-state index in [1.807, 2.05) is 12.1 Å². The van der Waals surface area contributed by atoms with E-state index < -0.39 is 0 Å². The van der Waals surface area contributed by atoms with Crippen molar-refractivity contribution in [3.05, 3.63) is 34.9 Å². The maximum Gasteiger partial charge on any atom is 0.120 e. The van der Waals surface area contributed by atoms with Crippen molar-refractivity contribution in [3.8, 4) is 5.75 Å². The molecule has 0 amide bonds. The Morgan fingerprint density at radius 1 is 1.33 bits per heavy atom. The second-order valence-corrected chi connectivity index (χ2v) is 6.59. The molecule has 1 N–H and O–H groups in total. The number of fused-ring (bicyclic) bond motifs is 1. The van der Waals surface area contributed by atoms with Gasteiger partial charge in [-0.3, -0.25) is 0 Å². The van der Waals surface area contributed by atoms with E-state index >= 15 is 0 Å². The van der Waals surface area contributed by atoms with Crippen LogP contribution in [0.15, 0.2) is 29.8 Å². The number of hydrogen-bond donors (Lipinski definition) is 1. The van der Waals surface area contributed by atoms with Crippen LogP contribution < -0.4 is 10.1 Å². The van der Waals surface area contributed by atoms with E-state index in [9.17, 15) is 0 Å². The number of nitrogens with one attached hydrogen (secondary N) is 1. The zero-order valence-electron chi connectivity index (χ0n) is 12.5. The van der Waals surface area contributed by atoms with Gasteiger partial charge in [-0.05, 0) is 56.8 Å². The summed E-state index contributed by atoms with van der Waals surface area (Å²) in [5.74, 6) is 0.898. The van der Waals surface area contributed by atoms with E-state index in [4.69, 9.17) is 4.74 Å². The van der Waals surface area contributed by atoms with Gasteiger partial charge in [0.15, 0.2) is 0 Å². The summed E-state index contributed by atoms with van der Waals surface area (Å²) in [6.45, 7) is 1.90. The molecule has 0 aliphatic heterocycles. The van der Waals surface area contributed by atoms with Gasteiger partial charge in [0, 0.05) is 6.54 Å². The molecule has 0 atom stereocenters. The Labute approximate surface area is 130 Å². The Balaban J connectivity index is 1.52. The van der Waals surface area contributed by atoms with Crippen molar-refractivity contribution in [1.82, 2.24) is 10.3 Å². The van der Waals surface area contributed by atoms with Crippen molar-refractivity contribution in [2.45, 2.75) is 38.6 Å². The van der Waals surface area contributed by atoms with Crippen LogP contribution in [0.2, 0.25) is 0 Å². The van der Waals surface area contributed by atoms with Crippen molar-refractivity contribution < 1.29 is 4.74 Å². The summed E-state index contributed by atoms with van der Waals surface area (Å²) in [6, 6.07) is 6.05. The fourth-order valence-corrected chi connectivity index (χ4v) is 3.70. The van der Waals surface area contributed by atoms with Crippen molar-refractivity contribution in [1.29, 1.82) is 0 Å². The lowest BCUT2D eigenvalue weighted by Crippen LogP contribution is -2.15. The van der Waals surface area contributed by atoms with Crippen LogP contribution in [0.4, 0.5) is 0 Å². The first-order valence-electron chi connectivity index (χ1n) is 7.67. The largest absolute Gasteiger partial charge is 0.497 e. The van der Waals surface area contributed by atoms with E-state index in [0.29, 0.717) is 0 Å². The molecule has 0 bridgehead atoms. The third kappa shape index (κ3) is 3.83. The topological polar surface area (TPSA) is 34.1 Å². The second kappa shape index (κ2) is 7.05. The number of benzene rings is 1. The predicted octanol–water partition coefficient (Wildman–Crippen LogP) is 4.29. The van der Waals surface area contributed by atoms with Gasteiger partial charge in [0.1, 0.15) is 10.8 Å². The van der Waals surface area contributed by atoms with Gasteiger partial charge in [0.25, 0.3) is 0 Å².